The molecular weight excluding hydrogens is 228 g/mol. The summed E-state index contributed by atoms with van der Waals surface area (Å²) in [7, 11) is 4.10. The summed E-state index contributed by atoms with van der Waals surface area (Å²) in [4.78, 5) is 17.3. The molecule has 1 fully saturated rings. The number of aromatic nitrogens is 1. The zero-order valence-electron chi connectivity index (χ0n) is 11.0. The van der Waals surface area contributed by atoms with Crippen molar-refractivity contribution in [2.24, 2.45) is 5.92 Å². The Morgan fingerprint density at radius 3 is 2.83 bits per heavy atom. The van der Waals surface area contributed by atoms with Crippen LogP contribution < -0.4 is 0 Å². The van der Waals surface area contributed by atoms with Crippen LogP contribution in [-0.4, -0.2) is 41.6 Å². The Morgan fingerprint density at radius 1 is 1.50 bits per heavy atom. The van der Waals surface area contributed by atoms with Crippen molar-refractivity contribution in [1.29, 1.82) is 0 Å². The maximum atomic E-state index is 10.8. The fourth-order valence-electron chi connectivity index (χ4n) is 2.32. The van der Waals surface area contributed by atoms with Crippen molar-refractivity contribution >= 4 is 5.97 Å². The predicted molar refractivity (Wildman–Crippen MR) is 69.6 cm³/mol. The van der Waals surface area contributed by atoms with Crippen molar-refractivity contribution in [3.05, 3.63) is 29.6 Å². The van der Waals surface area contributed by atoms with Gasteiger partial charge in [-0.05, 0) is 50.6 Å². The lowest BCUT2D eigenvalue weighted by Gasteiger charge is -2.32. The molecule has 0 aliphatic heterocycles. The van der Waals surface area contributed by atoms with Gasteiger partial charge in [-0.15, -0.1) is 0 Å². The molecule has 1 aromatic heterocycles. The first-order chi connectivity index (χ1) is 8.56. The molecule has 0 amide bonds. The standard InChI is InChI=1S/C14H20N2O2/c1-16(2)6-4-13-9-10(3-5-15-13)11-7-12(8-11)14(17)18/h3,5,9,11-12H,4,6-8H2,1-2H3,(H,17,18). The van der Waals surface area contributed by atoms with Gasteiger partial charge in [0.15, 0.2) is 0 Å². The Bertz CT molecular complexity index is 426. The number of hydrogen-bond donors (Lipinski definition) is 1. The zero-order valence-corrected chi connectivity index (χ0v) is 11.0. The largest absolute Gasteiger partial charge is 0.481 e. The van der Waals surface area contributed by atoms with Gasteiger partial charge in [-0.25, -0.2) is 0 Å². The minimum Gasteiger partial charge on any atom is -0.481 e. The van der Waals surface area contributed by atoms with E-state index in [4.69, 9.17) is 5.11 Å². The molecule has 0 bridgehead atoms. The molecule has 4 nitrogen and oxygen atoms in total. The minimum atomic E-state index is -0.659. The van der Waals surface area contributed by atoms with E-state index in [1.165, 1.54) is 5.56 Å². The van der Waals surface area contributed by atoms with Gasteiger partial charge in [-0.3, -0.25) is 9.78 Å². The molecule has 1 aromatic rings. The van der Waals surface area contributed by atoms with Crippen LogP contribution in [0.5, 0.6) is 0 Å². The number of likely N-dealkylation sites (N-methyl/N-ethyl adjacent to an activating group) is 1. The van der Waals surface area contributed by atoms with E-state index >= 15 is 0 Å². The molecule has 0 spiro atoms. The van der Waals surface area contributed by atoms with E-state index in [1.807, 2.05) is 26.4 Å². The van der Waals surface area contributed by atoms with Crippen LogP contribution in [0.25, 0.3) is 0 Å². The van der Waals surface area contributed by atoms with Gasteiger partial charge >= 0.3 is 5.97 Å². The summed E-state index contributed by atoms with van der Waals surface area (Å²) >= 11 is 0. The van der Waals surface area contributed by atoms with Crippen LogP contribution in [0.15, 0.2) is 18.3 Å². The average molecular weight is 248 g/mol. The molecule has 4 heteroatoms. The quantitative estimate of drug-likeness (QED) is 0.862. The molecule has 0 radical (unpaired) electrons. The lowest BCUT2D eigenvalue weighted by Crippen LogP contribution is -2.28. The van der Waals surface area contributed by atoms with Crippen LogP contribution in [0, 0.1) is 5.92 Å². The molecule has 18 heavy (non-hydrogen) atoms. The second-order valence-corrected chi connectivity index (χ2v) is 5.34. The number of nitrogens with zero attached hydrogens (tertiary/aromatic N) is 2. The number of hydrogen-bond acceptors (Lipinski definition) is 3. The van der Waals surface area contributed by atoms with Crippen molar-refractivity contribution in [2.75, 3.05) is 20.6 Å². The van der Waals surface area contributed by atoms with E-state index < -0.39 is 5.97 Å². The van der Waals surface area contributed by atoms with Crippen LogP contribution in [0.3, 0.4) is 0 Å². The number of carboxylic acids is 1. The number of carboxylic acid groups (broad SMARTS) is 1. The van der Waals surface area contributed by atoms with Gasteiger partial charge in [0.2, 0.25) is 0 Å². The first-order valence-corrected chi connectivity index (χ1v) is 6.38. The third kappa shape index (κ3) is 3.07. The smallest absolute Gasteiger partial charge is 0.306 e. The van der Waals surface area contributed by atoms with Gasteiger partial charge in [-0.2, -0.15) is 0 Å². The Labute approximate surface area is 108 Å². The highest BCUT2D eigenvalue weighted by Gasteiger charge is 2.35. The van der Waals surface area contributed by atoms with Crippen LogP contribution in [0.1, 0.15) is 30.0 Å². The van der Waals surface area contributed by atoms with E-state index in [9.17, 15) is 4.79 Å². The summed E-state index contributed by atoms with van der Waals surface area (Å²) in [6, 6.07) is 4.15. The van der Waals surface area contributed by atoms with Gasteiger partial charge in [0.25, 0.3) is 0 Å². The molecule has 0 unspecified atom stereocenters. The molecule has 0 atom stereocenters. The van der Waals surface area contributed by atoms with Crippen molar-refractivity contribution in [3.8, 4) is 0 Å². The highest BCUT2D eigenvalue weighted by Crippen LogP contribution is 2.41. The van der Waals surface area contributed by atoms with Crippen molar-refractivity contribution in [2.45, 2.75) is 25.2 Å². The summed E-state index contributed by atoms with van der Waals surface area (Å²) in [5.41, 5.74) is 2.34. The second kappa shape index (κ2) is 5.48. The molecule has 1 aliphatic rings. The third-order valence-electron chi connectivity index (χ3n) is 3.61. The Balaban J connectivity index is 1.94. The molecular formula is C14H20N2O2. The van der Waals surface area contributed by atoms with Crippen molar-refractivity contribution in [3.63, 3.8) is 0 Å². The summed E-state index contributed by atoms with van der Waals surface area (Å²) in [5.74, 6) is -0.395. The van der Waals surface area contributed by atoms with E-state index in [0.29, 0.717) is 5.92 Å². The normalized spacial score (nSPS) is 22.8. The van der Waals surface area contributed by atoms with Gasteiger partial charge in [0.1, 0.15) is 0 Å². The van der Waals surface area contributed by atoms with Gasteiger partial charge in [0.05, 0.1) is 5.92 Å². The van der Waals surface area contributed by atoms with Crippen molar-refractivity contribution in [1.82, 2.24) is 9.88 Å². The fourth-order valence-corrected chi connectivity index (χ4v) is 2.32. The fraction of sp³-hybridized carbons (Fsp3) is 0.571. The lowest BCUT2D eigenvalue weighted by molar-refractivity contribution is -0.145. The first kappa shape index (κ1) is 13.0. The topological polar surface area (TPSA) is 53.4 Å². The third-order valence-corrected chi connectivity index (χ3v) is 3.61. The SMILES string of the molecule is CN(C)CCc1cc(C2CC(C(=O)O)C2)ccn1. The van der Waals surface area contributed by atoms with Crippen LogP contribution in [0.4, 0.5) is 0 Å². The average Bonchev–Trinajstić information content (AvgIpc) is 2.24. The van der Waals surface area contributed by atoms with Crippen LogP contribution >= 0.6 is 0 Å². The minimum absolute atomic E-state index is 0.145. The molecule has 1 saturated carbocycles. The number of carbonyl (C=O) groups is 1. The van der Waals surface area contributed by atoms with Gasteiger partial charge < -0.3 is 10.0 Å². The van der Waals surface area contributed by atoms with E-state index in [2.05, 4.69) is 16.0 Å². The maximum absolute atomic E-state index is 10.8. The van der Waals surface area contributed by atoms with E-state index in [-0.39, 0.29) is 5.92 Å². The van der Waals surface area contributed by atoms with Gasteiger partial charge in [0, 0.05) is 24.9 Å². The molecule has 1 heterocycles. The molecule has 98 valence electrons. The molecule has 1 aliphatic carbocycles. The Hall–Kier alpha value is -1.42. The summed E-state index contributed by atoms with van der Waals surface area (Å²) < 4.78 is 0. The lowest BCUT2D eigenvalue weighted by atomic mass is 9.71. The summed E-state index contributed by atoms with van der Waals surface area (Å²) in [6.07, 6.45) is 4.32. The molecule has 2 rings (SSSR count). The molecule has 0 aromatic carbocycles. The Kier molecular flexibility index (Phi) is 3.97. The summed E-state index contributed by atoms with van der Waals surface area (Å²) in [6.45, 7) is 0.985. The van der Waals surface area contributed by atoms with Gasteiger partial charge in [-0.1, -0.05) is 0 Å². The zero-order chi connectivity index (χ0) is 13.1. The highest BCUT2D eigenvalue weighted by molar-refractivity contribution is 5.71. The van der Waals surface area contributed by atoms with Crippen molar-refractivity contribution < 1.29 is 9.90 Å². The number of aliphatic carboxylic acids is 1. The molecule has 0 saturated heterocycles. The monoisotopic (exact) mass is 248 g/mol. The number of pyridine rings is 1. The maximum Gasteiger partial charge on any atom is 0.306 e. The van der Waals surface area contributed by atoms with Crippen LogP contribution in [-0.2, 0) is 11.2 Å². The summed E-state index contributed by atoms with van der Waals surface area (Å²) in [5, 5.41) is 8.88. The van der Waals surface area contributed by atoms with E-state index in [1.54, 1.807) is 0 Å². The highest BCUT2D eigenvalue weighted by atomic mass is 16.4. The Morgan fingerprint density at radius 2 is 2.22 bits per heavy atom. The number of rotatable bonds is 5. The predicted octanol–water partition coefficient (Wildman–Crippen LogP) is 1.76. The molecule has 1 N–H and O–H groups in total. The first-order valence-electron chi connectivity index (χ1n) is 6.38. The van der Waals surface area contributed by atoms with Crippen LogP contribution in [0.2, 0.25) is 0 Å². The van der Waals surface area contributed by atoms with E-state index in [0.717, 1.165) is 31.5 Å². The second-order valence-electron chi connectivity index (χ2n) is 5.34.